The molecular formula is C13H23N3O2. The van der Waals surface area contributed by atoms with E-state index >= 15 is 0 Å². The summed E-state index contributed by atoms with van der Waals surface area (Å²) in [5.41, 5.74) is 4.79. The van der Waals surface area contributed by atoms with E-state index in [1.165, 1.54) is 0 Å². The number of hydrogen-bond acceptors (Lipinski definition) is 3. The number of primary amides is 1. The molecule has 1 saturated carbocycles. The van der Waals surface area contributed by atoms with Gasteiger partial charge in [-0.3, -0.25) is 9.59 Å². The van der Waals surface area contributed by atoms with Gasteiger partial charge < -0.3 is 16.0 Å². The predicted molar refractivity (Wildman–Crippen MR) is 68.8 cm³/mol. The summed E-state index contributed by atoms with van der Waals surface area (Å²) in [6.45, 7) is 2.86. The Labute approximate surface area is 108 Å². The molecule has 1 heterocycles. The summed E-state index contributed by atoms with van der Waals surface area (Å²) < 4.78 is 0. The molecule has 0 aromatic heterocycles. The Balaban J connectivity index is 2.11. The van der Waals surface area contributed by atoms with E-state index in [2.05, 4.69) is 5.32 Å². The Morgan fingerprint density at radius 1 is 1.33 bits per heavy atom. The second kappa shape index (κ2) is 5.26. The van der Waals surface area contributed by atoms with Crippen LogP contribution >= 0.6 is 0 Å². The van der Waals surface area contributed by atoms with Crippen LogP contribution in [-0.4, -0.2) is 41.4 Å². The number of carbonyl (C=O) groups is 2. The number of nitrogens with one attached hydrogen (secondary N) is 1. The third kappa shape index (κ3) is 2.66. The highest BCUT2D eigenvalue weighted by Gasteiger charge is 2.41. The summed E-state index contributed by atoms with van der Waals surface area (Å²) in [6, 6.07) is 0.198. The molecule has 1 saturated heterocycles. The highest BCUT2D eigenvalue weighted by Crippen LogP contribution is 2.28. The molecule has 5 heteroatoms. The summed E-state index contributed by atoms with van der Waals surface area (Å²) >= 11 is 0. The minimum Gasteiger partial charge on any atom is -0.368 e. The normalized spacial score (nSPS) is 28.5. The van der Waals surface area contributed by atoms with Crippen LogP contribution in [0.1, 0.15) is 45.4 Å². The van der Waals surface area contributed by atoms with E-state index in [0.717, 1.165) is 45.1 Å². The molecule has 2 rings (SSSR count). The molecular weight excluding hydrogens is 230 g/mol. The van der Waals surface area contributed by atoms with Crippen LogP contribution in [-0.2, 0) is 9.59 Å². The van der Waals surface area contributed by atoms with Gasteiger partial charge >= 0.3 is 0 Å². The first-order valence-electron chi connectivity index (χ1n) is 6.87. The van der Waals surface area contributed by atoms with Crippen LogP contribution in [0.15, 0.2) is 0 Å². The predicted octanol–water partition coefficient (Wildman–Crippen LogP) is 0.385. The van der Waals surface area contributed by atoms with Gasteiger partial charge in [0, 0.05) is 6.04 Å². The van der Waals surface area contributed by atoms with Crippen LogP contribution in [0.4, 0.5) is 0 Å². The summed E-state index contributed by atoms with van der Waals surface area (Å²) in [7, 11) is 0. The molecule has 0 aromatic rings. The Kier molecular flexibility index (Phi) is 3.90. The van der Waals surface area contributed by atoms with Crippen molar-refractivity contribution in [1.29, 1.82) is 0 Å². The van der Waals surface area contributed by atoms with Crippen molar-refractivity contribution in [3.8, 4) is 0 Å². The molecule has 2 fully saturated rings. The molecule has 0 radical (unpaired) electrons. The monoisotopic (exact) mass is 253 g/mol. The lowest BCUT2D eigenvalue weighted by atomic mass is 9.97. The minimum absolute atomic E-state index is 0.0469. The van der Waals surface area contributed by atoms with E-state index in [0.29, 0.717) is 0 Å². The first kappa shape index (κ1) is 13.3. The Hall–Kier alpha value is -1.10. The van der Waals surface area contributed by atoms with E-state index in [1.54, 1.807) is 4.90 Å². The zero-order valence-electron chi connectivity index (χ0n) is 11.1. The van der Waals surface area contributed by atoms with Gasteiger partial charge in [0.15, 0.2) is 0 Å². The van der Waals surface area contributed by atoms with Crippen LogP contribution < -0.4 is 11.1 Å². The molecule has 2 aliphatic rings. The molecule has 5 nitrogen and oxygen atoms in total. The highest BCUT2D eigenvalue weighted by atomic mass is 16.2. The number of carbonyl (C=O) groups excluding carboxylic acids is 2. The molecule has 1 aliphatic carbocycles. The topological polar surface area (TPSA) is 75.4 Å². The van der Waals surface area contributed by atoms with Crippen molar-refractivity contribution in [2.75, 3.05) is 13.1 Å². The van der Waals surface area contributed by atoms with Crippen molar-refractivity contribution in [2.45, 2.75) is 57.0 Å². The molecule has 18 heavy (non-hydrogen) atoms. The van der Waals surface area contributed by atoms with Gasteiger partial charge in [-0.15, -0.1) is 0 Å². The number of hydrogen-bond donors (Lipinski definition) is 2. The van der Waals surface area contributed by atoms with Crippen molar-refractivity contribution >= 4 is 11.8 Å². The number of nitrogens with two attached hydrogens (primary N) is 1. The van der Waals surface area contributed by atoms with E-state index in [-0.39, 0.29) is 18.5 Å². The van der Waals surface area contributed by atoms with Gasteiger partial charge in [-0.1, -0.05) is 12.8 Å². The maximum atomic E-state index is 12.6. The molecule has 3 N–H and O–H groups in total. The van der Waals surface area contributed by atoms with Crippen molar-refractivity contribution < 1.29 is 9.59 Å². The Bertz CT molecular complexity index is 331. The maximum Gasteiger partial charge on any atom is 0.243 e. The first-order chi connectivity index (χ1) is 8.53. The molecule has 0 bridgehead atoms. The van der Waals surface area contributed by atoms with Gasteiger partial charge in [-0.2, -0.15) is 0 Å². The second-order valence-corrected chi connectivity index (χ2v) is 5.70. The van der Waals surface area contributed by atoms with E-state index in [4.69, 9.17) is 5.73 Å². The van der Waals surface area contributed by atoms with Gasteiger partial charge in [0.2, 0.25) is 11.8 Å². The number of rotatable bonds is 4. The van der Waals surface area contributed by atoms with E-state index < -0.39 is 11.4 Å². The first-order valence-corrected chi connectivity index (χ1v) is 6.87. The van der Waals surface area contributed by atoms with Crippen LogP contribution in [0.5, 0.6) is 0 Å². The summed E-state index contributed by atoms with van der Waals surface area (Å²) in [6.07, 6.45) is 6.12. The lowest BCUT2D eigenvalue weighted by Crippen LogP contribution is -2.57. The lowest BCUT2D eigenvalue weighted by molar-refractivity contribution is -0.142. The Morgan fingerprint density at radius 3 is 2.50 bits per heavy atom. The number of nitrogens with zero attached hydrogens (tertiary/aromatic N) is 1. The van der Waals surface area contributed by atoms with Crippen molar-refractivity contribution in [3.05, 3.63) is 0 Å². The fourth-order valence-corrected chi connectivity index (χ4v) is 3.14. The fraction of sp³-hybridized carbons (Fsp3) is 0.846. The SMILES string of the molecule is CC1(C(=O)N(CC(N)=O)C2CCCC2)CCCN1. The molecule has 0 aromatic carbocycles. The van der Waals surface area contributed by atoms with Crippen molar-refractivity contribution in [1.82, 2.24) is 10.2 Å². The van der Waals surface area contributed by atoms with Gasteiger partial charge in [0.1, 0.15) is 0 Å². The number of amides is 2. The third-order valence-electron chi connectivity index (χ3n) is 4.19. The standard InChI is InChI=1S/C13H23N3O2/c1-13(7-4-8-15-13)12(18)16(9-11(14)17)10-5-2-3-6-10/h10,15H,2-9H2,1H3,(H2,14,17). The second-order valence-electron chi connectivity index (χ2n) is 5.70. The molecule has 102 valence electrons. The van der Waals surface area contributed by atoms with E-state index in [9.17, 15) is 9.59 Å². The van der Waals surface area contributed by atoms with Crippen molar-refractivity contribution in [3.63, 3.8) is 0 Å². The molecule has 1 atom stereocenters. The lowest BCUT2D eigenvalue weighted by Gasteiger charge is -2.35. The molecule has 1 unspecified atom stereocenters. The minimum atomic E-state index is -0.502. The largest absolute Gasteiger partial charge is 0.368 e. The summed E-state index contributed by atoms with van der Waals surface area (Å²) in [5, 5.41) is 3.27. The zero-order valence-corrected chi connectivity index (χ0v) is 11.1. The molecule has 1 aliphatic heterocycles. The third-order valence-corrected chi connectivity index (χ3v) is 4.19. The molecule has 2 amide bonds. The quantitative estimate of drug-likeness (QED) is 0.761. The van der Waals surface area contributed by atoms with E-state index in [1.807, 2.05) is 6.92 Å². The van der Waals surface area contributed by atoms with Gasteiger partial charge in [0.05, 0.1) is 12.1 Å². The van der Waals surface area contributed by atoms with Gasteiger partial charge in [-0.25, -0.2) is 0 Å². The smallest absolute Gasteiger partial charge is 0.243 e. The zero-order chi connectivity index (χ0) is 13.2. The van der Waals surface area contributed by atoms with Crippen LogP contribution in [0, 0.1) is 0 Å². The maximum absolute atomic E-state index is 12.6. The van der Waals surface area contributed by atoms with Gasteiger partial charge in [0.25, 0.3) is 0 Å². The summed E-state index contributed by atoms with van der Waals surface area (Å²) in [5.74, 6) is -0.373. The average molecular weight is 253 g/mol. The fourth-order valence-electron chi connectivity index (χ4n) is 3.14. The molecule has 0 spiro atoms. The van der Waals surface area contributed by atoms with Crippen LogP contribution in [0.25, 0.3) is 0 Å². The Morgan fingerprint density at radius 2 is 2.00 bits per heavy atom. The highest BCUT2D eigenvalue weighted by molar-refractivity contribution is 5.90. The summed E-state index contributed by atoms with van der Waals surface area (Å²) in [4.78, 5) is 25.6. The van der Waals surface area contributed by atoms with Crippen LogP contribution in [0.2, 0.25) is 0 Å². The average Bonchev–Trinajstić information content (AvgIpc) is 2.96. The van der Waals surface area contributed by atoms with Gasteiger partial charge in [-0.05, 0) is 39.2 Å². The van der Waals surface area contributed by atoms with Crippen LogP contribution in [0.3, 0.4) is 0 Å². The van der Waals surface area contributed by atoms with Crippen molar-refractivity contribution in [2.24, 2.45) is 5.73 Å².